The minimum absolute atomic E-state index is 0.0145. The summed E-state index contributed by atoms with van der Waals surface area (Å²) in [6, 6.07) is 0. The van der Waals surface area contributed by atoms with E-state index in [9.17, 15) is 4.79 Å². The highest BCUT2D eigenvalue weighted by Crippen LogP contribution is 2.31. The molecule has 0 bridgehead atoms. The molecule has 2 nitrogen and oxygen atoms in total. The van der Waals surface area contributed by atoms with E-state index in [1.54, 1.807) is 0 Å². The lowest BCUT2D eigenvalue weighted by Crippen LogP contribution is -2.24. The Labute approximate surface area is 99.1 Å². The molecule has 0 aliphatic heterocycles. The first kappa shape index (κ1) is 13.3. The Morgan fingerprint density at radius 2 is 2.00 bits per heavy atom. The molecule has 0 saturated heterocycles. The lowest BCUT2D eigenvalue weighted by molar-refractivity contribution is -0.148. The van der Waals surface area contributed by atoms with Gasteiger partial charge in [-0.3, -0.25) is 4.79 Å². The summed E-state index contributed by atoms with van der Waals surface area (Å²) in [6.07, 6.45) is 7.62. The van der Waals surface area contributed by atoms with Crippen LogP contribution >= 0.6 is 0 Å². The number of rotatable bonds is 2. The van der Waals surface area contributed by atoms with Crippen LogP contribution < -0.4 is 0 Å². The first-order valence-corrected chi connectivity index (χ1v) is 6.43. The van der Waals surface area contributed by atoms with Crippen molar-refractivity contribution >= 4 is 5.97 Å². The average molecular weight is 224 g/mol. The van der Waals surface area contributed by atoms with Crippen molar-refractivity contribution in [2.45, 2.75) is 51.9 Å². The minimum atomic E-state index is -0.0145. The van der Waals surface area contributed by atoms with E-state index < -0.39 is 0 Å². The Morgan fingerprint density at radius 3 is 2.56 bits per heavy atom. The predicted molar refractivity (Wildman–Crippen MR) is 66.1 cm³/mol. The Morgan fingerprint density at radius 1 is 1.38 bits per heavy atom. The second-order valence-corrected chi connectivity index (χ2v) is 4.83. The van der Waals surface area contributed by atoms with Gasteiger partial charge in [-0.25, -0.2) is 0 Å². The molecule has 0 spiro atoms. The van der Waals surface area contributed by atoms with Gasteiger partial charge in [-0.2, -0.15) is 0 Å². The van der Waals surface area contributed by atoms with Crippen molar-refractivity contribution < 1.29 is 9.53 Å². The monoisotopic (exact) mass is 224 g/mol. The van der Waals surface area contributed by atoms with Gasteiger partial charge < -0.3 is 4.74 Å². The van der Waals surface area contributed by atoms with Crippen molar-refractivity contribution in [1.29, 1.82) is 0 Å². The molecule has 0 radical (unpaired) electrons. The fraction of sp³-hybridized carbons (Fsp3) is 0.786. The second kappa shape index (κ2) is 6.72. The fourth-order valence-corrected chi connectivity index (χ4v) is 2.70. The molecule has 0 amide bonds. The third kappa shape index (κ3) is 3.66. The van der Waals surface area contributed by atoms with Crippen molar-refractivity contribution in [2.24, 2.45) is 11.8 Å². The Kier molecular flexibility index (Phi) is 5.58. The van der Waals surface area contributed by atoms with Crippen LogP contribution in [0.1, 0.15) is 51.9 Å². The quantitative estimate of drug-likeness (QED) is 0.528. The third-order valence-corrected chi connectivity index (χ3v) is 3.75. The minimum Gasteiger partial charge on any atom is -0.469 e. The van der Waals surface area contributed by atoms with E-state index in [4.69, 9.17) is 4.74 Å². The number of esters is 1. The van der Waals surface area contributed by atoms with Crippen LogP contribution in [0, 0.1) is 11.8 Å². The molecule has 0 aromatic carbocycles. The van der Waals surface area contributed by atoms with Gasteiger partial charge in [0.25, 0.3) is 0 Å². The molecule has 0 heterocycles. The largest absolute Gasteiger partial charge is 0.469 e. The van der Waals surface area contributed by atoms with E-state index in [2.05, 4.69) is 13.5 Å². The number of ether oxygens (including phenoxy) is 1. The normalized spacial score (nSPS) is 27.8. The van der Waals surface area contributed by atoms with Crippen LogP contribution in [0.3, 0.4) is 0 Å². The molecule has 0 N–H and O–H groups in total. The van der Waals surface area contributed by atoms with E-state index in [-0.39, 0.29) is 11.9 Å². The van der Waals surface area contributed by atoms with E-state index >= 15 is 0 Å². The molecule has 0 aromatic heterocycles. The molecule has 16 heavy (non-hydrogen) atoms. The number of carbonyl (C=O) groups is 1. The Bertz CT molecular complexity index is 245. The first-order chi connectivity index (χ1) is 7.69. The average Bonchev–Trinajstić information content (AvgIpc) is 2.38. The molecule has 0 aromatic rings. The number of hydrogen-bond donors (Lipinski definition) is 0. The molecule has 2 heteroatoms. The summed E-state index contributed by atoms with van der Waals surface area (Å²) in [5.41, 5.74) is 1.35. The van der Waals surface area contributed by atoms with Gasteiger partial charge >= 0.3 is 5.97 Å². The SMILES string of the molecule is C=C1CCCC(CC)C(C(=O)OC)CCC1. The second-order valence-electron chi connectivity index (χ2n) is 4.83. The Balaban J connectivity index is 2.67. The molecule has 1 rings (SSSR count). The third-order valence-electron chi connectivity index (χ3n) is 3.75. The van der Waals surface area contributed by atoms with Gasteiger partial charge in [0.15, 0.2) is 0 Å². The maximum absolute atomic E-state index is 11.8. The van der Waals surface area contributed by atoms with E-state index in [0.29, 0.717) is 5.92 Å². The van der Waals surface area contributed by atoms with Gasteiger partial charge in [0.05, 0.1) is 13.0 Å². The molecule has 92 valence electrons. The lowest BCUT2D eigenvalue weighted by Gasteiger charge is -2.23. The highest BCUT2D eigenvalue weighted by molar-refractivity contribution is 5.72. The van der Waals surface area contributed by atoms with Crippen LogP contribution in [-0.4, -0.2) is 13.1 Å². The van der Waals surface area contributed by atoms with E-state index in [1.165, 1.54) is 19.1 Å². The molecular formula is C14H24O2. The van der Waals surface area contributed by atoms with Gasteiger partial charge in [-0.1, -0.05) is 25.5 Å². The van der Waals surface area contributed by atoms with Crippen molar-refractivity contribution in [1.82, 2.24) is 0 Å². The highest BCUT2D eigenvalue weighted by atomic mass is 16.5. The van der Waals surface area contributed by atoms with E-state index in [1.807, 2.05) is 0 Å². The van der Waals surface area contributed by atoms with Gasteiger partial charge in [0.2, 0.25) is 0 Å². The van der Waals surface area contributed by atoms with Crippen molar-refractivity contribution in [3.8, 4) is 0 Å². The van der Waals surface area contributed by atoms with Gasteiger partial charge in [-0.15, -0.1) is 0 Å². The molecule has 1 saturated carbocycles. The topological polar surface area (TPSA) is 26.3 Å². The summed E-state index contributed by atoms with van der Waals surface area (Å²) in [7, 11) is 1.50. The van der Waals surface area contributed by atoms with Gasteiger partial charge in [-0.05, 0) is 44.4 Å². The smallest absolute Gasteiger partial charge is 0.308 e. The number of allylic oxidation sites excluding steroid dienone is 1. The maximum atomic E-state index is 11.8. The summed E-state index contributed by atoms with van der Waals surface area (Å²) < 4.78 is 4.92. The zero-order valence-corrected chi connectivity index (χ0v) is 10.6. The summed E-state index contributed by atoms with van der Waals surface area (Å²) in [6.45, 7) is 6.26. The van der Waals surface area contributed by atoms with Crippen LogP contribution in [0.2, 0.25) is 0 Å². The standard InChI is InChI=1S/C14H24O2/c1-4-12-9-5-7-11(2)8-6-10-13(12)14(15)16-3/h12-13H,2,4-10H2,1,3H3. The van der Waals surface area contributed by atoms with Crippen LogP contribution in [0.4, 0.5) is 0 Å². The summed E-state index contributed by atoms with van der Waals surface area (Å²) >= 11 is 0. The molecule has 1 fully saturated rings. The van der Waals surface area contributed by atoms with Crippen molar-refractivity contribution in [3.63, 3.8) is 0 Å². The summed E-state index contributed by atoms with van der Waals surface area (Å²) in [4.78, 5) is 11.8. The van der Waals surface area contributed by atoms with Crippen LogP contribution in [0.25, 0.3) is 0 Å². The van der Waals surface area contributed by atoms with Crippen LogP contribution in [-0.2, 0) is 9.53 Å². The lowest BCUT2D eigenvalue weighted by atomic mass is 9.83. The fourth-order valence-electron chi connectivity index (χ4n) is 2.70. The highest BCUT2D eigenvalue weighted by Gasteiger charge is 2.28. The summed E-state index contributed by atoms with van der Waals surface area (Å²) in [5, 5.41) is 0. The predicted octanol–water partition coefficient (Wildman–Crippen LogP) is 3.71. The maximum Gasteiger partial charge on any atom is 0.308 e. The van der Waals surface area contributed by atoms with Crippen molar-refractivity contribution in [2.75, 3.05) is 7.11 Å². The number of carbonyl (C=O) groups excluding carboxylic acids is 1. The van der Waals surface area contributed by atoms with Crippen LogP contribution in [0.5, 0.6) is 0 Å². The summed E-state index contributed by atoms with van der Waals surface area (Å²) in [5.74, 6) is 0.596. The molecular weight excluding hydrogens is 200 g/mol. The van der Waals surface area contributed by atoms with E-state index in [0.717, 1.165) is 38.5 Å². The van der Waals surface area contributed by atoms with Gasteiger partial charge in [0.1, 0.15) is 0 Å². The molecule has 1 aliphatic carbocycles. The molecule has 2 unspecified atom stereocenters. The molecule has 2 atom stereocenters. The van der Waals surface area contributed by atoms with Gasteiger partial charge in [0, 0.05) is 0 Å². The Hall–Kier alpha value is -0.790. The van der Waals surface area contributed by atoms with Crippen molar-refractivity contribution in [3.05, 3.63) is 12.2 Å². The zero-order valence-electron chi connectivity index (χ0n) is 10.6. The first-order valence-electron chi connectivity index (χ1n) is 6.43. The molecule has 1 aliphatic rings. The number of methoxy groups -OCH3 is 1. The zero-order chi connectivity index (χ0) is 12.0. The number of hydrogen-bond acceptors (Lipinski definition) is 2. The van der Waals surface area contributed by atoms with Crippen LogP contribution in [0.15, 0.2) is 12.2 Å².